The van der Waals surface area contributed by atoms with Gasteiger partial charge in [-0.2, -0.15) is 4.57 Å². The average Bonchev–Trinajstić information content (AvgIpc) is 3.02. The fourth-order valence-electron chi connectivity index (χ4n) is 2.93. The van der Waals surface area contributed by atoms with Crippen LogP contribution in [-0.2, 0) is 0 Å². The van der Waals surface area contributed by atoms with Crippen LogP contribution in [0.2, 0.25) is 0 Å². The number of amides is 1. The van der Waals surface area contributed by atoms with Gasteiger partial charge >= 0.3 is 5.82 Å². The molecule has 1 aromatic heterocycles. The van der Waals surface area contributed by atoms with E-state index in [1.54, 1.807) is 24.3 Å². The molecule has 0 N–H and O–H groups in total. The standard InChI is InChI=1S/C20H24N4O3/c1-6-22-18(21-13-19(22)24(26)27)12-9-16-7-10-17(11-8-16)20(25)23(14(2)3)15(4)5/h6-15H,1H2,2-5H3. The molecule has 7 heteroatoms. The number of carbonyl (C=O) groups is 1. The van der Waals surface area contributed by atoms with Gasteiger partial charge in [-0.25, -0.2) is 4.98 Å². The molecule has 0 saturated carbocycles. The summed E-state index contributed by atoms with van der Waals surface area (Å²) in [5, 5.41) is 11.0. The Labute approximate surface area is 158 Å². The largest absolute Gasteiger partial charge is 0.358 e. The monoisotopic (exact) mass is 368 g/mol. The van der Waals surface area contributed by atoms with Gasteiger partial charge in [-0.3, -0.25) is 4.79 Å². The van der Waals surface area contributed by atoms with E-state index in [0.717, 1.165) is 5.56 Å². The fraction of sp³-hybridized carbons (Fsp3) is 0.300. The van der Waals surface area contributed by atoms with Crippen LogP contribution in [0.3, 0.4) is 0 Å². The Morgan fingerprint density at radius 3 is 2.26 bits per heavy atom. The van der Waals surface area contributed by atoms with Gasteiger partial charge in [0.25, 0.3) is 5.91 Å². The summed E-state index contributed by atoms with van der Waals surface area (Å²) >= 11 is 0. The molecule has 0 fully saturated rings. The van der Waals surface area contributed by atoms with Crippen molar-refractivity contribution in [3.63, 3.8) is 0 Å². The molecule has 0 aliphatic rings. The number of hydrogen-bond donors (Lipinski definition) is 0. The van der Waals surface area contributed by atoms with Crippen molar-refractivity contribution in [2.75, 3.05) is 0 Å². The lowest BCUT2D eigenvalue weighted by Crippen LogP contribution is -2.42. The number of hydrogen-bond acceptors (Lipinski definition) is 4. The average molecular weight is 368 g/mol. The SMILES string of the molecule is C=Cn1c([N+](=O)[O-])cnc1C=Cc1ccc(C(=O)N(C(C)C)C(C)C)cc1. The van der Waals surface area contributed by atoms with Gasteiger partial charge in [-0.05, 0) is 56.4 Å². The Balaban J connectivity index is 2.21. The van der Waals surface area contributed by atoms with Gasteiger partial charge in [0.1, 0.15) is 6.20 Å². The minimum Gasteiger partial charge on any atom is -0.358 e. The van der Waals surface area contributed by atoms with Crippen molar-refractivity contribution in [2.45, 2.75) is 39.8 Å². The first-order valence-corrected chi connectivity index (χ1v) is 8.71. The predicted octanol–water partition coefficient (Wildman–Crippen LogP) is 4.32. The van der Waals surface area contributed by atoms with E-state index in [9.17, 15) is 14.9 Å². The third-order valence-corrected chi connectivity index (χ3v) is 4.11. The summed E-state index contributed by atoms with van der Waals surface area (Å²) in [6.45, 7) is 11.6. The van der Waals surface area contributed by atoms with E-state index >= 15 is 0 Å². The number of aromatic nitrogens is 2. The lowest BCUT2D eigenvalue weighted by atomic mass is 10.1. The van der Waals surface area contributed by atoms with Crippen molar-refractivity contribution in [1.29, 1.82) is 0 Å². The summed E-state index contributed by atoms with van der Waals surface area (Å²) in [5.41, 5.74) is 1.48. The van der Waals surface area contributed by atoms with Gasteiger partial charge in [0, 0.05) is 23.7 Å². The Bertz CT molecular complexity index is 856. The minimum absolute atomic E-state index is 0.00615. The van der Waals surface area contributed by atoms with E-state index < -0.39 is 4.92 Å². The molecular weight excluding hydrogens is 344 g/mol. The molecule has 27 heavy (non-hydrogen) atoms. The van der Waals surface area contributed by atoms with Gasteiger partial charge in [0.2, 0.25) is 5.82 Å². The summed E-state index contributed by atoms with van der Waals surface area (Å²) in [4.78, 5) is 29.0. The van der Waals surface area contributed by atoms with Gasteiger partial charge in [-0.1, -0.05) is 18.7 Å². The van der Waals surface area contributed by atoms with Crippen LogP contribution < -0.4 is 0 Å². The zero-order chi connectivity index (χ0) is 20.1. The highest BCUT2D eigenvalue weighted by molar-refractivity contribution is 5.94. The van der Waals surface area contributed by atoms with Gasteiger partial charge < -0.3 is 15.0 Å². The van der Waals surface area contributed by atoms with Crippen LogP contribution in [0.5, 0.6) is 0 Å². The number of rotatable bonds is 7. The molecule has 142 valence electrons. The Morgan fingerprint density at radius 2 is 1.78 bits per heavy atom. The van der Waals surface area contributed by atoms with E-state index in [2.05, 4.69) is 11.6 Å². The quantitative estimate of drug-likeness (QED) is 0.538. The topological polar surface area (TPSA) is 81.3 Å². The normalized spacial score (nSPS) is 11.3. The lowest BCUT2D eigenvalue weighted by molar-refractivity contribution is -0.390. The molecule has 0 unspecified atom stereocenters. The number of nitro groups is 1. The van der Waals surface area contributed by atoms with E-state index in [1.165, 1.54) is 17.0 Å². The summed E-state index contributed by atoms with van der Waals surface area (Å²) in [6, 6.07) is 7.46. The highest BCUT2D eigenvalue weighted by Crippen LogP contribution is 2.18. The van der Waals surface area contributed by atoms with Gasteiger partial charge in [0.15, 0.2) is 0 Å². The van der Waals surface area contributed by atoms with E-state index in [-0.39, 0.29) is 23.8 Å². The predicted molar refractivity (Wildman–Crippen MR) is 107 cm³/mol. The van der Waals surface area contributed by atoms with E-state index in [0.29, 0.717) is 11.4 Å². The van der Waals surface area contributed by atoms with Crippen molar-refractivity contribution in [3.8, 4) is 0 Å². The summed E-state index contributed by atoms with van der Waals surface area (Å²) < 4.78 is 1.30. The maximum absolute atomic E-state index is 12.7. The molecule has 0 saturated heterocycles. The number of benzene rings is 1. The number of carbonyl (C=O) groups excluding carboxylic acids is 1. The summed E-state index contributed by atoms with van der Waals surface area (Å²) in [7, 11) is 0. The third-order valence-electron chi connectivity index (χ3n) is 4.11. The third kappa shape index (κ3) is 4.49. The second-order valence-electron chi connectivity index (χ2n) is 6.64. The smallest absolute Gasteiger partial charge is 0.347 e. The fourth-order valence-corrected chi connectivity index (χ4v) is 2.93. The molecular formula is C20H24N4O3. The molecule has 7 nitrogen and oxygen atoms in total. The molecule has 1 heterocycles. The molecule has 0 bridgehead atoms. The minimum atomic E-state index is -0.512. The number of nitrogens with zero attached hydrogens (tertiary/aromatic N) is 4. The van der Waals surface area contributed by atoms with Crippen molar-refractivity contribution in [3.05, 3.63) is 64.1 Å². The lowest BCUT2D eigenvalue weighted by Gasteiger charge is -2.30. The van der Waals surface area contributed by atoms with Gasteiger partial charge in [0.05, 0.1) is 6.20 Å². The highest BCUT2D eigenvalue weighted by atomic mass is 16.6. The second kappa shape index (κ2) is 8.44. The molecule has 0 aliphatic carbocycles. The number of imidazole rings is 1. The van der Waals surface area contributed by atoms with Gasteiger partial charge in [-0.15, -0.1) is 0 Å². The second-order valence-corrected chi connectivity index (χ2v) is 6.64. The van der Waals surface area contributed by atoms with Crippen molar-refractivity contribution < 1.29 is 9.72 Å². The first-order valence-electron chi connectivity index (χ1n) is 8.71. The highest BCUT2D eigenvalue weighted by Gasteiger charge is 2.21. The molecule has 1 aromatic carbocycles. The van der Waals surface area contributed by atoms with Crippen molar-refractivity contribution in [1.82, 2.24) is 14.5 Å². The van der Waals surface area contributed by atoms with E-state index in [1.807, 2.05) is 44.7 Å². The van der Waals surface area contributed by atoms with Crippen LogP contribution >= 0.6 is 0 Å². The Morgan fingerprint density at radius 1 is 1.19 bits per heavy atom. The van der Waals surface area contributed by atoms with Crippen LogP contribution in [0, 0.1) is 10.1 Å². The summed E-state index contributed by atoms with van der Waals surface area (Å²) in [5.74, 6) is 0.254. The van der Waals surface area contributed by atoms with Crippen LogP contribution in [0.1, 0.15) is 49.4 Å². The first kappa shape index (κ1) is 20.1. The molecule has 0 radical (unpaired) electrons. The Kier molecular flexibility index (Phi) is 6.28. The maximum atomic E-state index is 12.7. The molecule has 0 spiro atoms. The van der Waals surface area contributed by atoms with E-state index in [4.69, 9.17) is 0 Å². The van der Waals surface area contributed by atoms with Crippen LogP contribution in [0.25, 0.3) is 18.4 Å². The molecule has 0 aliphatic heterocycles. The van der Waals surface area contributed by atoms with Crippen LogP contribution in [0.15, 0.2) is 37.0 Å². The zero-order valence-electron chi connectivity index (χ0n) is 16.0. The van der Waals surface area contributed by atoms with Crippen LogP contribution in [0.4, 0.5) is 5.82 Å². The zero-order valence-corrected chi connectivity index (χ0v) is 16.0. The Hall–Kier alpha value is -3.22. The molecule has 0 atom stereocenters. The molecule has 2 aromatic rings. The first-order chi connectivity index (χ1) is 12.8. The molecule has 1 amide bonds. The van der Waals surface area contributed by atoms with Crippen LogP contribution in [-0.4, -0.2) is 37.4 Å². The van der Waals surface area contributed by atoms with Crippen molar-refractivity contribution in [2.24, 2.45) is 0 Å². The van der Waals surface area contributed by atoms with Crippen molar-refractivity contribution >= 4 is 30.1 Å². The molecule has 2 rings (SSSR count). The summed E-state index contributed by atoms with van der Waals surface area (Å²) in [6.07, 6.45) is 5.98. The maximum Gasteiger partial charge on any atom is 0.347 e.